The molecule has 0 heterocycles. The van der Waals surface area contributed by atoms with Crippen LogP contribution in [-0.4, -0.2) is 25.2 Å². The highest BCUT2D eigenvalue weighted by Gasteiger charge is 2.57. The van der Waals surface area contributed by atoms with Crippen LogP contribution in [0.3, 0.4) is 0 Å². The molecule has 8 atom stereocenters. The molecule has 3 N–H and O–H groups in total. The molecule has 1 aromatic rings. The van der Waals surface area contributed by atoms with Gasteiger partial charge in [-0.3, -0.25) is 4.79 Å². The molecule has 236 valence electrons. The molecule has 5 heteroatoms. The molecule has 4 fully saturated rings. The summed E-state index contributed by atoms with van der Waals surface area (Å²) in [7, 11) is 1.87. The molecule has 0 radical (unpaired) electrons. The van der Waals surface area contributed by atoms with E-state index < -0.39 is 0 Å². The number of carbonyl (C=O) groups is 1. The predicted octanol–water partition coefficient (Wildman–Crippen LogP) is 9.28. The van der Waals surface area contributed by atoms with Gasteiger partial charge in [0.25, 0.3) is 0 Å². The van der Waals surface area contributed by atoms with Gasteiger partial charge >= 0.3 is 0 Å². The second-order valence-electron chi connectivity index (χ2n) is 14.7. The van der Waals surface area contributed by atoms with Gasteiger partial charge in [-0.2, -0.15) is 0 Å². The topological polar surface area (TPSA) is 64.3 Å². The third kappa shape index (κ3) is 7.25. The Bertz CT molecular complexity index is 996. The van der Waals surface area contributed by atoms with Crippen molar-refractivity contribution in [3.8, 4) is 0 Å². The van der Waals surface area contributed by atoms with Crippen LogP contribution in [0, 0.1) is 46.7 Å². The fraction of sp³-hybridized carbons (Fsp3) is 0.811. The van der Waals surface area contributed by atoms with E-state index in [1.807, 2.05) is 7.11 Å². The van der Waals surface area contributed by atoms with Crippen molar-refractivity contribution in [3.63, 3.8) is 0 Å². The minimum absolute atomic E-state index is 0.0110. The quantitative estimate of drug-likeness (QED) is 0.202. The minimum Gasteiger partial charge on any atom is -0.381 e. The van der Waals surface area contributed by atoms with E-state index in [0.717, 1.165) is 44.4 Å². The summed E-state index contributed by atoms with van der Waals surface area (Å²) < 4.78 is 20.2. The maximum Gasteiger partial charge on any atom is 0.227 e. The largest absolute Gasteiger partial charge is 0.381 e. The summed E-state index contributed by atoms with van der Waals surface area (Å²) >= 11 is 0. The average Bonchev–Trinajstić information content (AvgIpc) is 3.15. The number of hydrogen-bond acceptors (Lipinski definition) is 3. The lowest BCUT2D eigenvalue weighted by molar-refractivity contribution is -0.120. The summed E-state index contributed by atoms with van der Waals surface area (Å²) in [6, 6.07) is 6.79. The van der Waals surface area contributed by atoms with Gasteiger partial charge in [-0.25, -0.2) is 4.39 Å². The first-order valence-corrected chi connectivity index (χ1v) is 17.8. The lowest BCUT2D eigenvalue weighted by Crippen LogP contribution is -2.39. The van der Waals surface area contributed by atoms with Gasteiger partial charge in [0.05, 0.1) is 11.8 Å². The van der Waals surface area contributed by atoms with E-state index in [2.05, 4.69) is 12.2 Å². The second kappa shape index (κ2) is 15.0. The van der Waals surface area contributed by atoms with E-state index in [-0.39, 0.29) is 29.1 Å². The first kappa shape index (κ1) is 31.9. The number of fused-ring (bicyclic) bond motifs is 1. The molecule has 4 aliphatic rings. The maximum absolute atomic E-state index is 14.3. The van der Waals surface area contributed by atoms with Gasteiger partial charge in [0.2, 0.25) is 5.91 Å². The number of ether oxygens (including phenoxy) is 1. The number of rotatable bonds is 11. The van der Waals surface area contributed by atoms with E-state index in [0.29, 0.717) is 35.5 Å². The SMILES string of the molecule is CC[C@@]1(C2C(CCCCCC3CCCCC3)C(N)C3CC(OC)CCC32)CCCC(C(=O)Nc2ccccc2F)CC1. The van der Waals surface area contributed by atoms with Crippen LogP contribution in [0.25, 0.3) is 0 Å². The van der Waals surface area contributed by atoms with Crippen molar-refractivity contribution in [2.75, 3.05) is 12.4 Å². The molecule has 5 rings (SSSR count). The Morgan fingerprint density at radius 2 is 1.74 bits per heavy atom. The summed E-state index contributed by atoms with van der Waals surface area (Å²) in [5.74, 6) is 3.03. The summed E-state index contributed by atoms with van der Waals surface area (Å²) in [6.45, 7) is 2.40. The van der Waals surface area contributed by atoms with E-state index >= 15 is 0 Å². The highest BCUT2D eigenvalue weighted by Crippen LogP contribution is 2.61. The van der Waals surface area contributed by atoms with Gasteiger partial charge in [-0.15, -0.1) is 0 Å². The third-order valence-electron chi connectivity index (χ3n) is 12.7. The average molecular weight is 583 g/mol. The maximum atomic E-state index is 14.3. The van der Waals surface area contributed by atoms with E-state index in [1.165, 1.54) is 89.5 Å². The van der Waals surface area contributed by atoms with Crippen molar-refractivity contribution in [2.45, 2.75) is 141 Å². The number of unbranched alkanes of at least 4 members (excludes halogenated alkanes) is 2. The smallest absolute Gasteiger partial charge is 0.227 e. The van der Waals surface area contributed by atoms with Crippen molar-refractivity contribution < 1.29 is 13.9 Å². The Balaban J connectivity index is 1.26. The van der Waals surface area contributed by atoms with Crippen molar-refractivity contribution in [2.24, 2.45) is 46.7 Å². The summed E-state index contributed by atoms with van der Waals surface area (Å²) in [4.78, 5) is 13.3. The molecule has 4 nitrogen and oxygen atoms in total. The van der Waals surface area contributed by atoms with Gasteiger partial charge in [-0.1, -0.05) is 89.7 Å². The van der Waals surface area contributed by atoms with Crippen molar-refractivity contribution in [3.05, 3.63) is 30.1 Å². The Hall–Kier alpha value is -1.46. The number of nitrogens with two attached hydrogens (primary N) is 1. The monoisotopic (exact) mass is 582 g/mol. The Kier molecular flexibility index (Phi) is 11.4. The predicted molar refractivity (Wildman–Crippen MR) is 171 cm³/mol. The van der Waals surface area contributed by atoms with Crippen LogP contribution in [0.4, 0.5) is 10.1 Å². The number of carbonyl (C=O) groups excluding carboxylic acids is 1. The van der Waals surface area contributed by atoms with Crippen LogP contribution in [-0.2, 0) is 9.53 Å². The highest BCUT2D eigenvalue weighted by atomic mass is 19.1. The zero-order valence-corrected chi connectivity index (χ0v) is 26.6. The molecule has 4 saturated carbocycles. The van der Waals surface area contributed by atoms with Gasteiger partial charge in [0, 0.05) is 19.1 Å². The fourth-order valence-electron chi connectivity index (χ4n) is 10.3. The summed E-state index contributed by atoms with van der Waals surface area (Å²) in [5, 5.41) is 2.91. The number of benzene rings is 1. The van der Waals surface area contributed by atoms with Crippen molar-refractivity contribution in [1.82, 2.24) is 0 Å². The normalized spacial score (nSPS) is 35.9. The van der Waals surface area contributed by atoms with Crippen LogP contribution < -0.4 is 11.1 Å². The van der Waals surface area contributed by atoms with Crippen LogP contribution in [0.1, 0.15) is 129 Å². The molecule has 42 heavy (non-hydrogen) atoms. The number of amides is 1. The first-order valence-electron chi connectivity index (χ1n) is 17.8. The Labute approximate surface area is 255 Å². The third-order valence-corrected chi connectivity index (χ3v) is 12.7. The fourth-order valence-corrected chi connectivity index (χ4v) is 10.3. The first-order chi connectivity index (χ1) is 20.5. The number of nitrogens with one attached hydrogen (secondary N) is 1. The van der Waals surface area contributed by atoms with Crippen LogP contribution in [0.5, 0.6) is 0 Å². The molecule has 0 saturated heterocycles. The standard InChI is InChI=1S/C37H59FN2O2/c1-3-37(23-12-16-27(22-24-37)36(41)40-33-19-11-10-18-32(33)38)34-29-21-20-28(42-2)25-31(29)35(39)30(34)17-9-5-8-15-26-13-6-4-7-14-26/h10-11,18-19,26-31,34-35H,3-9,12-17,20-25,39H2,1-2H3,(H,40,41)/t27?,28?,29?,30?,31?,34?,35?,37-/m1/s1. The minimum atomic E-state index is -0.360. The van der Waals surface area contributed by atoms with E-state index in [4.69, 9.17) is 10.5 Å². The highest BCUT2D eigenvalue weighted by molar-refractivity contribution is 5.92. The molecule has 0 aromatic heterocycles. The zero-order chi connectivity index (χ0) is 29.5. The molecule has 0 spiro atoms. The molecule has 7 unspecified atom stereocenters. The van der Waals surface area contributed by atoms with E-state index in [9.17, 15) is 9.18 Å². The van der Waals surface area contributed by atoms with E-state index in [1.54, 1.807) is 18.2 Å². The number of anilines is 1. The molecular weight excluding hydrogens is 523 g/mol. The number of para-hydroxylation sites is 1. The number of methoxy groups -OCH3 is 1. The number of hydrogen-bond donors (Lipinski definition) is 2. The zero-order valence-electron chi connectivity index (χ0n) is 26.6. The Morgan fingerprint density at radius 1 is 0.952 bits per heavy atom. The van der Waals surface area contributed by atoms with Gasteiger partial charge < -0.3 is 15.8 Å². The molecular formula is C37H59FN2O2. The molecule has 1 amide bonds. The van der Waals surface area contributed by atoms with Gasteiger partial charge in [0.15, 0.2) is 0 Å². The van der Waals surface area contributed by atoms with Crippen molar-refractivity contribution >= 4 is 11.6 Å². The summed E-state index contributed by atoms with van der Waals surface area (Å²) in [5.41, 5.74) is 7.80. The van der Waals surface area contributed by atoms with Crippen LogP contribution in [0.15, 0.2) is 24.3 Å². The number of halogens is 1. The molecule has 1 aromatic carbocycles. The summed E-state index contributed by atoms with van der Waals surface area (Å²) in [6.07, 6.45) is 24.1. The molecule has 0 bridgehead atoms. The molecule has 4 aliphatic carbocycles. The van der Waals surface area contributed by atoms with Crippen LogP contribution >= 0.6 is 0 Å². The Morgan fingerprint density at radius 3 is 2.50 bits per heavy atom. The second-order valence-corrected chi connectivity index (χ2v) is 14.7. The molecule has 0 aliphatic heterocycles. The van der Waals surface area contributed by atoms with Gasteiger partial charge in [0.1, 0.15) is 5.82 Å². The van der Waals surface area contributed by atoms with Crippen molar-refractivity contribution in [1.29, 1.82) is 0 Å². The van der Waals surface area contributed by atoms with Crippen LogP contribution in [0.2, 0.25) is 0 Å². The lowest BCUT2D eigenvalue weighted by Gasteiger charge is -2.46. The van der Waals surface area contributed by atoms with Gasteiger partial charge in [-0.05, 0) is 98.5 Å². The lowest BCUT2D eigenvalue weighted by atomic mass is 9.59.